The Morgan fingerprint density at radius 1 is 1.00 bits per heavy atom. The zero-order valence-electron chi connectivity index (χ0n) is 13.4. The van der Waals surface area contributed by atoms with Crippen molar-refractivity contribution in [2.24, 2.45) is 0 Å². The molecule has 24 heavy (non-hydrogen) atoms. The van der Waals surface area contributed by atoms with Crippen molar-refractivity contribution >= 4 is 16.7 Å². The van der Waals surface area contributed by atoms with Crippen molar-refractivity contribution < 1.29 is 9.53 Å². The Labute approximate surface area is 141 Å². The Hall–Kier alpha value is -2.81. The predicted octanol–water partition coefficient (Wildman–Crippen LogP) is 4.02. The Kier molecular flexibility index (Phi) is 3.91. The maximum atomic E-state index is 12.5. The number of rotatable bonds is 3. The lowest BCUT2D eigenvalue weighted by Gasteiger charge is -2.26. The average Bonchev–Trinajstić information content (AvgIpc) is 2.62. The molecule has 1 aliphatic rings. The van der Waals surface area contributed by atoms with Gasteiger partial charge in [0.15, 0.2) is 0 Å². The van der Waals surface area contributed by atoms with Gasteiger partial charge in [-0.3, -0.25) is 4.79 Å². The molecule has 0 radical (unpaired) electrons. The minimum absolute atomic E-state index is 0.0305. The van der Waals surface area contributed by atoms with Gasteiger partial charge in [-0.2, -0.15) is 0 Å². The second kappa shape index (κ2) is 6.36. The fraction of sp³-hybridized carbons (Fsp3) is 0.190. The molecule has 0 fully saturated rings. The van der Waals surface area contributed by atoms with Crippen LogP contribution in [-0.2, 0) is 11.2 Å². The normalized spacial score (nSPS) is 16.2. The standard InChI is InChI=1S/C21H19NO2/c23-21(14-15-9-10-16-5-1-2-6-17(16)13-15)22-19-11-12-24-20-8-4-3-7-18(19)20/h1-10,13,19H,11-12,14H2,(H,22,23). The van der Waals surface area contributed by atoms with Crippen LogP contribution >= 0.6 is 0 Å². The average molecular weight is 317 g/mol. The van der Waals surface area contributed by atoms with Crippen LogP contribution < -0.4 is 10.1 Å². The van der Waals surface area contributed by atoms with Crippen molar-refractivity contribution in [3.8, 4) is 5.75 Å². The molecule has 0 aromatic heterocycles. The molecule has 3 aromatic rings. The van der Waals surface area contributed by atoms with Crippen LogP contribution in [0, 0.1) is 0 Å². The maximum absolute atomic E-state index is 12.5. The summed E-state index contributed by atoms with van der Waals surface area (Å²) in [4.78, 5) is 12.5. The summed E-state index contributed by atoms with van der Waals surface area (Å²) in [6.07, 6.45) is 1.20. The summed E-state index contributed by atoms with van der Waals surface area (Å²) in [7, 11) is 0. The van der Waals surface area contributed by atoms with E-state index in [1.54, 1.807) is 0 Å². The van der Waals surface area contributed by atoms with Gasteiger partial charge >= 0.3 is 0 Å². The first kappa shape index (κ1) is 14.8. The molecule has 3 nitrogen and oxygen atoms in total. The monoisotopic (exact) mass is 317 g/mol. The maximum Gasteiger partial charge on any atom is 0.224 e. The van der Waals surface area contributed by atoms with Gasteiger partial charge in [0.1, 0.15) is 5.75 Å². The molecular weight excluding hydrogens is 298 g/mol. The van der Waals surface area contributed by atoms with Gasteiger partial charge in [0.05, 0.1) is 19.1 Å². The van der Waals surface area contributed by atoms with Crippen molar-refractivity contribution in [3.05, 3.63) is 77.9 Å². The highest BCUT2D eigenvalue weighted by Crippen LogP contribution is 2.31. The first-order valence-electron chi connectivity index (χ1n) is 8.28. The lowest BCUT2D eigenvalue weighted by molar-refractivity contribution is -0.121. The second-order valence-corrected chi connectivity index (χ2v) is 6.15. The van der Waals surface area contributed by atoms with Crippen molar-refractivity contribution in [2.45, 2.75) is 18.9 Å². The van der Waals surface area contributed by atoms with Crippen molar-refractivity contribution in [1.82, 2.24) is 5.32 Å². The van der Waals surface area contributed by atoms with E-state index >= 15 is 0 Å². The van der Waals surface area contributed by atoms with E-state index in [9.17, 15) is 4.79 Å². The van der Waals surface area contributed by atoms with E-state index in [0.29, 0.717) is 13.0 Å². The van der Waals surface area contributed by atoms with Gasteiger partial charge < -0.3 is 10.1 Å². The van der Waals surface area contributed by atoms with Gasteiger partial charge in [-0.15, -0.1) is 0 Å². The first-order valence-corrected chi connectivity index (χ1v) is 8.28. The minimum atomic E-state index is 0.0305. The SMILES string of the molecule is O=C(Cc1ccc2ccccc2c1)NC1CCOc2ccccc21. The summed E-state index contributed by atoms with van der Waals surface area (Å²) in [5, 5.41) is 5.51. The quantitative estimate of drug-likeness (QED) is 0.792. The van der Waals surface area contributed by atoms with Crippen molar-refractivity contribution in [2.75, 3.05) is 6.61 Å². The van der Waals surface area contributed by atoms with Gasteiger partial charge in [0, 0.05) is 12.0 Å². The molecule has 0 spiro atoms. The summed E-state index contributed by atoms with van der Waals surface area (Å²) >= 11 is 0. The van der Waals surface area contributed by atoms with Crippen LogP contribution in [0.1, 0.15) is 23.6 Å². The van der Waals surface area contributed by atoms with E-state index < -0.39 is 0 Å². The molecule has 1 amide bonds. The Bertz CT molecular complexity index is 888. The largest absolute Gasteiger partial charge is 0.493 e. The van der Waals surface area contributed by atoms with Crippen LogP contribution in [0.2, 0.25) is 0 Å². The summed E-state index contributed by atoms with van der Waals surface area (Å²) in [6.45, 7) is 0.637. The highest BCUT2D eigenvalue weighted by atomic mass is 16.5. The Morgan fingerprint density at radius 2 is 1.79 bits per heavy atom. The van der Waals surface area contributed by atoms with Crippen LogP contribution in [0.3, 0.4) is 0 Å². The van der Waals surface area contributed by atoms with Gasteiger partial charge in [0.25, 0.3) is 0 Å². The molecule has 120 valence electrons. The molecule has 0 bridgehead atoms. The number of ether oxygens (including phenoxy) is 1. The highest BCUT2D eigenvalue weighted by Gasteiger charge is 2.22. The van der Waals surface area contributed by atoms with Crippen molar-refractivity contribution in [1.29, 1.82) is 0 Å². The second-order valence-electron chi connectivity index (χ2n) is 6.15. The van der Waals surface area contributed by atoms with Gasteiger partial charge in [-0.05, 0) is 22.4 Å². The van der Waals surface area contributed by atoms with E-state index in [1.807, 2.05) is 42.5 Å². The molecule has 3 heteroatoms. The summed E-state index contributed by atoms with van der Waals surface area (Å²) in [5.74, 6) is 0.923. The predicted molar refractivity (Wildman–Crippen MR) is 95.1 cm³/mol. The van der Waals surface area contributed by atoms with Crippen LogP contribution in [0.25, 0.3) is 10.8 Å². The smallest absolute Gasteiger partial charge is 0.224 e. The van der Waals surface area contributed by atoms with E-state index in [4.69, 9.17) is 4.74 Å². The topological polar surface area (TPSA) is 38.3 Å². The zero-order chi connectivity index (χ0) is 16.4. The Balaban J connectivity index is 1.48. The van der Waals surface area contributed by atoms with Crippen molar-refractivity contribution in [3.63, 3.8) is 0 Å². The fourth-order valence-electron chi connectivity index (χ4n) is 3.27. The summed E-state index contributed by atoms with van der Waals surface area (Å²) in [5.41, 5.74) is 2.10. The third-order valence-corrected chi connectivity index (χ3v) is 4.47. The van der Waals surface area contributed by atoms with E-state index in [0.717, 1.165) is 23.3 Å². The van der Waals surface area contributed by atoms with Crippen LogP contribution in [0.15, 0.2) is 66.7 Å². The van der Waals surface area contributed by atoms with Crippen LogP contribution in [0.5, 0.6) is 5.75 Å². The molecule has 0 saturated heterocycles. The molecule has 1 aliphatic heterocycles. The summed E-state index contributed by atoms with van der Waals surface area (Å²) < 4.78 is 5.65. The molecule has 1 N–H and O–H groups in total. The number of benzene rings is 3. The lowest BCUT2D eigenvalue weighted by atomic mass is 10.00. The number of fused-ring (bicyclic) bond motifs is 2. The molecule has 1 unspecified atom stereocenters. The van der Waals surface area contributed by atoms with E-state index in [2.05, 4.69) is 29.6 Å². The summed E-state index contributed by atoms with van der Waals surface area (Å²) in [6, 6.07) is 22.3. The van der Waals surface area contributed by atoms with Crippen LogP contribution in [-0.4, -0.2) is 12.5 Å². The van der Waals surface area contributed by atoms with Gasteiger partial charge in [0.2, 0.25) is 5.91 Å². The lowest BCUT2D eigenvalue weighted by Crippen LogP contribution is -2.33. The number of para-hydroxylation sites is 1. The number of carbonyl (C=O) groups is 1. The van der Waals surface area contributed by atoms with Gasteiger partial charge in [-0.25, -0.2) is 0 Å². The third kappa shape index (κ3) is 2.98. The van der Waals surface area contributed by atoms with E-state index in [1.165, 1.54) is 10.8 Å². The molecular formula is C21H19NO2. The molecule has 4 rings (SSSR count). The first-order chi connectivity index (χ1) is 11.8. The Morgan fingerprint density at radius 3 is 2.71 bits per heavy atom. The molecule has 3 aromatic carbocycles. The molecule has 0 saturated carbocycles. The fourth-order valence-corrected chi connectivity index (χ4v) is 3.27. The van der Waals surface area contributed by atoms with Gasteiger partial charge in [-0.1, -0.05) is 60.7 Å². The molecule has 1 heterocycles. The highest BCUT2D eigenvalue weighted by molar-refractivity contribution is 5.85. The number of hydrogen-bond acceptors (Lipinski definition) is 2. The number of carbonyl (C=O) groups excluding carboxylic acids is 1. The number of nitrogens with one attached hydrogen (secondary N) is 1. The number of amides is 1. The molecule has 0 aliphatic carbocycles. The van der Waals surface area contributed by atoms with Crippen LogP contribution in [0.4, 0.5) is 0 Å². The minimum Gasteiger partial charge on any atom is -0.493 e. The molecule has 1 atom stereocenters. The zero-order valence-corrected chi connectivity index (χ0v) is 13.4. The van der Waals surface area contributed by atoms with E-state index in [-0.39, 0.29) is 11.9 Å². The third-order valence-electron chi connectivity index (χ3n) is 4.47. The number of hydrogen-bond donors (Lipinski definition) is 1.